The van der Waals surface area contributed by atoms with Crippen molar-refractivity contribution in [1.29, 1.82) is 0 Å². The van der Waals surface area contributed by atoms with E-state index in [0.717, 1.165) is 25.5 Å². The molecule has 1 nitrogen and oxygen atoms in total. The van der Waals surface area contributed by atoms with E-state index in [1.807, 2.05) is 6.07 Å². The van der Waals surface area contributed by atoms with E-state index < -0.39 is 0 Å². The molecule has 0 bridgehead atoms. The van der Waals surface area contributed by atoms with Gasteiger partial charge in [0, 0.05) is 9.35 Å². The Morgan fingerprint density at radius 2 is 2.00 bits per heavy atom. The predicted molar refractivity (Wildman–Crippen MR) is 75.9 cm³/mol. The number of hydrogen-bond donors (Lipinski definition) is 1. The molecule has 1 unspecified atom stereocenters. The Hall–Kier alpha value is 0.620. The second-order valence-electron chi connectivity index (χ2n) is 4.53. The normalized spacial score (nSPS) is 19.9. The number of aliphatic hydroxyl groups excluding tert-OH is 1. The van der Waals surface area contributed by atoms with Crippen LogP contribution >= 0.6 is 43.2 Å². The molecule has 1 aromatic rings. The van der Waals surface area contributed by atoms with E-state index in [1.54, 1.807) is 11.3 Å². The van der Waals surface area contributed by atoms with Gasteiger partial charge in [0.1, 0.15) is 0 Å². The predicted octanol–water partition coefficient (Wildman–Crippen LogP) is 5.28. The van der Waals surface area contributed by atoms with Crippen molar-refractivity contribution >= 4 is 43.2 Å². The number of halogens is 2. The summed E-state index contributed by atoms with van der Waals surface area (Å²) in [5.74, 6) is 0.725. The van der Waals surface area contributed by atoms with Crippen LogP contribution in [0.2, 0.25) is 0 Å². The Morgan fingerprint density at radius 3 is 2.56 bits per heavy atom. The van der Waals surface area contributed by atoms with E-state index in [4.69, 9.17) is 0 Å². The molecule has 0 aromatic carbocycles. The minimum atomic E-state index is -0.282. The van der Waals surface area contributed by atoms with Gasteiger partial charge in [-0.15, -0.1) is 11.3 Å². The molecule has 1 fully saturated rings. The standard InChI is InChI=1S/C12H16Br2OS/c13-9-7-11(16-12(9)14)10(15)6-8-4-2-1-3-5-8/h7-8,10,15H,1-6H2. The van der Waals surface area contributed by atoms with Gasteiger partial charge in [-0.05, 0) is 50.3 Å². The minimum absolute atomic E-state index is 0.282. The average molecular weight is 368 g/mol. The molecular formula is C12H16Br2OS. The Bertz CT molecular complexity index is 325. The third kappa shape index (κ3) is 3.31. The zero-order valence-corrected chi connectivity index (χ0v) is 13.1. The van der Waals surface area contributed by atoms with E-state index in [0.29, 0.717) is 0 Å². The fourth-order valence-corrected chi connectivity index (χ4v) is 4.47. The summed E-state index contributed by atoms with van der Waals surface area (Å²) in [5, 5.41) is 10.2. The van der Waals surface area contributed by atoms with Gasteiger partial charge < -0.3 is 5.11 Å². The van der Waals surface area contributed by atoms with E-state index in [9.17, 15) is 5.11 Å². The maximum absolute atomic E-state index is 10.2. The highest BCUT2D eigenvalue weighted by atomic mass is 79.9. The lowest BCUT2D eigenvalue weighted by molar-refractivity contribution is 0.134. The molecule has 90 valence electrons. The summed E-state index contributed by atoms with van der Waals surface area (Å²) >= 11 is 8.56. The Kier molecular flexibility index (Phi) is 4.89. The molecular weight excluding hydrogens is 352 g/mol. The monoisotopic (exact) mass is 366 g/mol. The fraction of sp³-hybridized carbons (Fsp3) is 0.667. The first-order valence-electron chi connectivity index (χ1n) is 5.79. The van der Waals surface area contributed by atoms with Crippen LogP contribution < -0.4 is 0 Å². The summed E-state index contributed by atoms with van der Waals surface area (Å²) in [6.45, 7) is 0. The number of aliphatic hydroxyl groups is 1. The molecule has 4 heteroatoms. The first-order valence-corrected chi connectivity index (χ1v) is 8.20. The van der Waals surface area contributed by atoms with E-state index in [-0.39, 0.29) is 6.10 Å². The largest absolute Gasteiger partial charge is 0.388 e. The molecule has 0 amide bonds. The Labute approximate surface area is 118 Å². The third-order valence-electron chi connectivity index (χ3n) is 3.27. The van der Waals surface area contributed by atoms with Crippen molar-refractivity contribution in [2.24, 2.45) is 5.92 Å². The molecule has 1 aromatic heterocycles. The maximum atomic E-state index is 10.2. The lowest BCUT2D eigenvalue weighted by Crippen LogP contribution is -2.10. The van der Waals surface area contributed by atoms with Gasteiger partial charge in [0.05, 0.1) is 9.89 Å². The number of rotatable bonds is 3. The van der Waals surface area contributed by atoms with Crippen LogP contribution in [-0.4, -0.2) is 5.11 Å². The maximum Gasteiger partial charge on any atom is 0.0885 e. The minimum Gasteiger partial charge on any atom is -0.388 e. The molecule has 2 rings (SSSR count). The molecule has 0 aliphatic heterocycles. The number of hydrogen-bond acceptors (Lipinski definition) is 2. The van der Waals surface area contributed by atoms with Gasteiger partial charge in [-0.25, -0.2) is 0 Å². The summed E-state index contributed by atoms with van der Waals surface area (Å²) in [5.41, 5.74) is 0. The van der Waals surface area contributed by atoms with Crippen LogP contribution in [0.25, 0.3) is 0 Å². The van der Waals surface area contributed by atoms with Crippen LogP contribution in [0.3, 0.4) is 0 Å². The SMILES string of the molecule is OC(CC1CCCCC1)c1cc(Br)c(Br)s1. The van der Waals surface area contributed by atoms with Crippen LogP contribution in [0.4, 0.5) is 0 Å². The van der Waals surface area contributed by atoms with Gasteiger partial charge >= 0.3 is 0 Å². The Morgan fingerprint density at radius 1 is 1.31 bits per heavy atom. The summed E-state index contributed by atoms with van der Waals surface area (Å²) in [4.78, 5) is 1.07. The highest BCUT2D eigenvalue weighted by molar-refractivity contribution is 9.13. The second kappa shape index (κ2) is 5.98. The van der Waals surface area contributed by atoms with Crippen LogP contribution in [0, 0.1) is 5.92 Å². The summed E-state index contributed by atoms with van der Waals surface area (Å²) < 4.78 is 2.13. The van der Waals surface area contributed by atoms with Gasteiger partial charge in [0.25, 0.3) is 0 Å². The molecule has 1 atom stereocenters. The number of thiophene rings is 1. The topological polar surface area (TPSA) is 20.2 Å². The second-order valence-corrected chi connectivity index (χ2v) is 7.78. The van der Waals surface area contributed by atoms with Crippen LogP contribution in [0.15, 0.2) is 14.3 Å². The summed E-state index contributed by atoms with van der Waals surface area (Å²) in [6, 6.07) is 2.03. The molecule has 1 aliphatic rings. The zero-order chi connectivity index (χ0) is 11.5. The van der Waals surface area contributed by atoms with Crippen LogP contribution in [0.5, 0.6) is 0 Å². The average Bonchev–Trinajstić information content (AvgIpc) is 2.61. The fourth-order valence-electron chi connectivity index (χ4n) is 2.38. The lowest BCUT2D eigenvalue weighted by Gasteiger charge is -2.23. The van der Waals surface area contributed by atoms with Crippen molar-refractivity contribution < 1.29 is 5.11 Å². The van der Waals surface area contributed by atoms with E-state index in [2.05, 4.69) is 31.9 Å². The quantitative estimate of drug-likeness (QED) is 0.770. The van der Waals surface area contributed by atoms with E-state index in [1.165, 1.54) is 32.1 Å². The smallest absolute Gasteiger partial charge is 0.0885 e. The molecule has 1 heterocycles. The van der Waals surface area contributed by atoms with E-state index >= 15 is 0 Å². The molecule has 1 N–H and O–H groups in total. The van der Waals surface area contributed by atoms with Crippen LogP contribution in [-0.2, 0) is 0 Å². The van der Waals surface area contributed by atoms with Crippen molar-refractivity contribution in [2.75, 3.05) is 0 Å². The van der Waals surface area contributed by atoms with Gasteiger partial charge in [0.2, 0.25) is 0 Å². The first-order chi connectivity index (χ1) is 7.66. The Balaban J connectivity index is 1.93. The molecule has 16 heavy (non-hydrogen) atoms. The first kappa shape index (κ1) is 13.1. The van der Waals surface area contributed by atoms with Gasteiger partial charge in [0.15, 0.2) is 0 Å². The summed E-state index contributed by atoms with van der Waals surface area (Å²) in [7, 11) is 0. The summed E-state index contributed by atoms with van der Waals surface area (Å²) in [6.07, 6.45) is 7.30. The van der Waals surface area contributed by atoms with Crippen LogP contribution in [0.1, 0.15) is 49.5 Å². The van der Waals surface area contributed by atoms with Gasteiger partial charge in [-0.3, -0.25) is 0 Å². The van der Waals surface area contributed by atoms with Crippen molar-refractivity contribution in [2.45, 2.75) is 44.6 Å². The van der Waals surface area contributed by atoms with Crippen molar-refractivity contribution in [3.8, 4) is 0 Å². The molecule has 0 radical (unpaired) electrons. The lowest BCUT2D eigenvalue weighted by atomic mass is 9.85. The zero-order valence-electron chi connectivity index (χ0n) is 9.09. The molecule has 0 spiro atoms. The highest BCUT2D eigenvalue weighted by Crippen LogP contribution is 2.39. The molecule has 0 saturated heterocycles. The van der Waals surface area contributed by atoms with Crippen molar-refractivity contribution in [1.82, 2.24) is 0 Å². The van der Waals surface area contributed by atoms with Gasteiger partial charge in [-0.1, -0.05) is 32.1 Å². The van der Waals surface area contributed by atoms with Crippen molar-refractivity contribution in [3.63, 3.8) is 0 Å². The molecule has 1 saturated carbocycles. The molecule has 1 aliphatic carbocycles. The highest BCUT2D eigenvalue weighted by Gasteiger charge is 2.20. The third-order valence-corrected chi connectivity index (χ3v) is 6.63. The van der Waals surface area contributed by atoms with Crippen molar-refractivity contribution in [3.05, 3.63) is 19.2 Å². The van der Waals surface area contributed by atoms with Gasteiger partial charge in [-0.2, -0.15) is 0 Å².